The molecule has 1 aliphatic heterocycles. The summed E-state index contributed by atoms with van der Waals surface area (Å²) in [5.41, 5.74) is 4.09. The molecule has 1 heterocycles. The van der Waals surface area contributed by atoms with Crippen LogP contribution in [0, 0.1) is 6.92 Å². The van der Waals surface area contributed by atoms with Crippen LogP contribution in [0.5, 0.6) is 0 Å². The van der Waals surface area contributed by atoms with Crippen molar-refractivity contribution in [1.29, 1.82) is 0 Å². The normalized spacial score (nSPS) is 15.6. The monoisotopic (exact) mass is 365 g/mol. The molecular formula is C22H27N3O2. The van der Waals surface area contributed by atoms with Crippen molar-refractivity contribution in [2.24, 2.45) is 5.16 Å². The van der Waals surface area contributed by atoms with Crippen LogP contribution < -0.4 is 10.2 Å². The van der Waals surface area contributed by atoms with Gasteiger partial charge in [0.1, 0.15) is 0 Å². The molecule has 2 aromatic rings. The van der Waals surface area contributed by atoms with Gasteiger partial charge >= 0.3 is 0 Å². The fourth-order valence-corrected chi connectivity index (χ4v) is 3.03. The number of hydrogen-bond donors (Lipinski definition) is 1. The van der Waals surface area contributed by atoms with E-state index in [1.165, 1.54) is 30.5 Å². The van der Waals surface area contributed by atoms with Gasteiger partial charge in [0.25, 0.3) is 5.91 Å². The average molecular weight is 365 g/mol. The van der Waals surface area contributed by atoms with Crippen molar-refractivity contribution >= 4 is 23.5 Å². The highest BCUT2D eigenvalue weighted by molar-refractivity contribution is 5.94. The van der Waals surface area contributed by atoms with Gasteiger partial charge in [-0.25, -0.2) is 0 Å². The van der Waals surface area contributed by atoms with E-state index < -0.39 is 6.10 Å². The minimum atomic E-state index is -0.673. The molecule has 1 amide bonds. The quantitative estimate of drug-likeness (QED) is 0.611. The van der Waals surface area contributed by atoms with Crippen LogP contribution in [0.15, 0.2) is 53.7 Å². The molecule has 2 aromatic carbocycles. The van der Waals surface area contributed by atoms with Gasteiger partial charge in [0, 0.05) is 24.5 Å². The molecule has 0 aromatic heterocycles. The summed E-state index contributed by atoms with van der Waals surface area (Å²) in [6.45, 7) is 5.93. The van der Waals surface area contributed by atoms with Crippen molar-refractivity contribution in [1.82, 2.24) is 0 Å². The topological polar surface area (TPSA) is 53.9 Å². The number of amides is 1. The first-order valence-electron chi connectivity index (χ1n) is 9.53. The van der Waals surface area contributed by atoms with Gasteiger partial charge < -0.3 is 15.1 Å². The maximum absolute atomic E-state index is 12.3. The lowest BCUT2D eigenvalue weighted by atomic mass is 10.1. The van der Waals surface area contributed by atoms with Crippen molar-refractivity contribution in [3.8, 4) is 0 Å². The maximum Gasteiger partial charge on any atom is 0.267 e. The van der Waals surface area contributed by atoms with Crippen molar-refractivity contribution < 1.29 is 9.63 Å². The highest BCUT2D eigenvalue weighted by Crippen LogP contribution is 2.21. The van der Waals surface area contributed by atoms with Gasteiger partial charge in [0.15, 0.2) is 0 Å². The number of piperidine rings is 1. The van der Waals surface area contributed by atoms with Crippen LogP contribution in [-0.4, -0.2) is 31.3 Å². The summed E-state index contributed by atoms with van der Waals surface area (Å²) in [4.78, 5) is 19.9. The number of nitrogens with zero attached hydrogens (tertiary/aromatic N) is 2. The van der Waals surface area contributed by atoms with E-state index in [1.807, 2.05) is 43.3 Å². The molecule has 1 aliphatic rings. The molecule has 1 atom stereocenters. The number of aryl methyl sites for hydroxylation is 1. The first-order chi connectivity index (χ1) is 13.1. The van der Waals surface area contributed by atoms with E-state index in [0.717, 1.165) is 24.3 Å². The van der Waals surface area contributed by atoms with Crippen molar-refractivity contribution in [3.63, 3.8) is 0 Å². The highest BCUT2D eigenvalue weighted by atomic mass is 16.6. The highest BCUT2D eigenvalue weighted by Gasteiger charge is 2.15. The van der Waals surface area contributed by atoms with E-state index in [1.54, 1.807) is 13.1 Å². The summed E-state index contributed by atoms with van der Waals surface area (Å²) in [7, 11) is 0. The Morgan fingerprint density at radius 1 is 1.07 bits per heavy atom. The number of carbonyl (C=O) groups excluding carboxylic acids is 1. The molecule has 5 heteroatoms. The lowest BCUT2D eigenvalue weighted by Crippen LogP contribution is -2.29. The van der Waals surface area contributed by atoms with Gasteiger partial charge in [0.05, 0.1) is 6.21 Å². The van der Waals surface area contributed by atoms with Gasteiger partial charge in [-0.1, -0.05) is 35.0 Å². The molecule has 1 N–H and O–H groups in total. The number of rotatable bonds is 6. The summed E-state index contributed by atoms with van der Waals surface area (Å²) in [6, 6.07) is 15.9. The van der Waals surface area contributed by atoms with E-state index in [4.69, 9.17) is 4.84 Å². The second-order valence-corrected chi connectivity index (χ2v) is 6.98. The van der Waals surface area contributed by atoms with Crippen molar-refractivity contribution in [2.75, 3.05) is 23.3 Å². The Morgan fingerprint density at radius 3 is 2.41 bits per heavy atom. The fraction of sp³-hybridized carbons (Fsp3) is 0.364. The Bertz CT molecular complexity index is 763. The number of carbonyl (C=O) groups is 1. The first-order valence-corrected chi connectivity index (χ1v) is 9.53. The minimum Gasteiger partial charge on any atom is -0.383 e. The van der Waals surface area contributed by atoms with Crippen LogP contribution in [-0.2, 0) is 9.63 Å². The van der Waals surface area contributed by atoms with Crippen LogP contribution in [0.3, 0.4) is 0 Å². The van der Waals surface area contributed by atoms with Gasteiger partial charge in [-0.15, -0.1) is 0 Å². The standard InChI is InChI=1S/C22H27N3O2/c1-17-6-8-19(9-7-17)16-23-27-18(2)22(26)24-20-10-12-21(13-11-20)25-14-4-3-5-15-25/h6-13,16,18H,3-5,14-15H2,1-2H3,(H,24,26)/b23-16-/t18-/m0/s1. The summed E-state index contributed by atoms with van der Waals surface area (Å²) >= 11 is 0. The van der Waals surface area contributed by atoms with Crippen molar-refractivity contribution in [3.05, 3.63) is 59.7 Å². The Hall–Kier alpha value is -2.82. The molecule has 0 unspecified atom stereocenters. The Labute approximate surface area is 161 Å². The van der Waals surface area contributed by atoms with Crippen LogP contribution in [0.2, 0.25) is 0 Å². The smallest absolute Gasteiger partial charge is 0.267 e. The van der Waals surface area contributed by atoms with Gasteiger partial charge in [-0.2, -0.15) is 0 Å². The zero-order chi connectivity index (χ0) is 19.1. The number of anilines is 2. The van der Waals surface area contributed by atoms with Crippen molar-refractivity contribution in [2.45, 2.75) is 39.2 Å². The van der Waals surface area contributed by atoms with E-state index in [-0.39, 0.29) is 5.91 Å². The summed E-state index contributed by atoms with van der Waals surface area (Å²) in [6.07, 6.45) is 4.74. The predicted molar refractivity (Wildman–Crippen MR) is 110 cm³/mol. The Morgan fingerprint density at radius 2 is 1.74 bits per heavy atom. The zero-order valence-electron chi connectivity index (χ0n) is 16.0. The average Bonchev–Trinajstić information content (AvgIpc) is 2.70. The number of nitrogens with one attached hydrogen (secondary N) is 1. The molecule has 0 saturated carbocycles. The van der Waals surface area contributed by atoms with E-state index in [9.17, 15) is 4.79 Å². The minimum absolute atomic E-state index is 0.221. The molecule has 0 aliphatic carbocycles. The molecule has 0 bridgehead atoms. The number of oxime groups is 1. The lowest BCUT2D eigenvalue weighted by Gasteiger charge is -2.28. The van der Waals surface area contributed by atoms with E-state index in [0.29, 0.717) is 0 Å². The van der Waals surface area contributed by atoms with Gasteiger partial charge in [0.2, 0.25) is 6.10 Å². The molecule has 1 fully saturated rings. The van der Waals surface area contributed by atoms with Gasteiger partial charge in [-0.05, 0) is 62.9 Å². The van der Waals surface area contributed by atoms with Crippen LogP contribution in [0.25, 0.3) is 0 Å². The molecule has 0 radical (unpaired) electrons. The van der Waals surface area contributed by atoms with E-state index in [2.05, 4.69) is 27.5 Å². The first kappa shape index (κ1) is 19.0. The Balaban J connectivity index is 1.49. The SMILES string of the molecule is Cc1ccc(/C=N\O[C@@H](C)C(=O)Nc2ccc(N3CCCCC3)cc2)cc1. The molecule has 3 rings (SSSR count). The molecule has 142 valence electrons. The van der Waals surface area contributed by atoms with E-state index >= 15 is 0 Å². The van der Waals surface area contributed by atoms with Crippen LogP contribution in [0.1, 0.15) is 37.3 Å². The predicted octanol–water partition coefficient (Wildman–Crippen LogP) is 4.36. The summed E-state index contributed by atoms with van der Waals surface area (Å²) in [5.74, 6) is -0.221. The molecule has 1 saturated heterocycles. The van der Waals surface area contributed by atoms with Crippen LogP contribution >= 0.6 is 0 Å². The third kappa shape index (κ3) is 5.58. The molecule has 5 nitrogen and oxygen atoms in total. The number of benzene rings is 2. The third-order valence-electron chi connectivity index (χ3n) is 4.72. The third-order valence-corrected chi connectivity index (χ3v) is 4.72. The largest absolute Gasteiger partial charge is 0.383 e. The Kier molecular flexibility index (Phi) is 6.47. The second-order valence-electron chi connectivity index (χ2n) is 6.98. The number of hydrogen-bond acceptors (Lipinski definition) is 4. The zero-order valence-corrected chi connectivity index (χ0v) is 16.0. The summed E-state index contributed by atoms with van der Waals surface area (Å²) < 4.78 is 0. The summed E-state index contributed by atoms with van der Waals surface area (Å²) in [5, 5.41) is 6.79. The molecular weight excluding hydrogens is 338 g/mol. The van der Waals surface area contributed by atoms with Gasteiger partial charge in [-0.3, -0.25) is 4.79 Å². The fourth-order valence-electron chi connectivity index (χ4n) is 3.03. The maximum atomic E-state index is 12.3. The van der Waals surface area contributed by atoms with Crippen LogP contribution in [0.4, 0.5) is 11.4 Å². The molecule has 27 heavy (non-hydrogen) atoms. The second kappa shape index (κ2) is 9.21. The lowest BCUT2D eigenvalue weighted by molar-refractivity contribution is -0.126. The molecule has 0 spiro atoms.